The van der Waals surface area contributed by atoms with Crippen molar-refractivity contribution in [3.8, 4) is 0 Å². The predicted molar refractivity (Wildman–Crippen MR) is 79.6 cm³/mol. The maximum absolute atomic E-state index is 12.3. The van der Waals surface area contributed by atoms with E-state index in [0.717, 1.165) is 27.0 Å². The molecule has 0 bridgehead atoms. The Morgan fingerprint density at radius 2 is 1.89 bits per heavy atom. The van der Waals surface area contributed by atoms with Crippen molar-refractivity contribution in [3.63, 3.8) is 0 Å². The Morgan fingerprint density at radius 1 is 1.21 bits per heavy atom. The van der Waals surface area contributed by atoms with Gasteiger partial charge in [-0.15, -0.1) is 0 Å². The minimum atomic E-state index is 0.0844. The molecule has 0 aliphatic rings. The third-order valence-corrected chi connectivity index (χ3v) is 4.56. The van der Waals surface area contributed by atoms with Gasteiger partial charge in [0.2, 0.25) is 0 Å². The van der Waals surface area contributed by atoms with Crippen molar-refractivity contribution in [3.05, 3.63) is 50.8 Å². The molecule has 1 heterocycles. The van der Waals surface area contributed by atoms with E-state index in [4.69, 9.17) is 0 Å². The normalized spacial score (nSPS) is 10.8. The van der Waals surface area contributed by atoms with Gasteiger partial charge in [0.05, 0.1) is 15.9 Å². The van der Waals surface area contributed by atoms with Crippen molar-refractivity contribution in [1.29, 1.82) is 0 Å². The van der Waals surface area contributed by atoms with Crippen molar-refractivity contribution in [2.24, 2.45) is 0 Å². The molecule has 0 unspecified atom stereocenters. The first-order valence-corrected chi connectivity index (χ1v) is 6.99. The minimum absolute atomic E-state index is 0.0844. The summed E-state index contributed by atoms with van der Waals surface area (Å²) in [5, 5.41) is 4.36. The van der Waals surface area contributed by atoms with Crippen LogP contribution in [0.15, 0.2) is 22.7 Å². The van der Waals surface area contributed by atoms with E-state index in [1.54, 1.807) is 4.68 Å². The van der Waals surface area contributed by atoms with Gasteiger partial charge in [-0.1, -0.05) is 12.1 Å². The quantitative estimate of drug-likeness (QED) is 0.807. The summed E-state index contributed by atoms with van der Waals surface area (Å²) in [7, 11) is 0. The molecule has 3 nitrogen and oxygen atoms in total. The molecule has 0 N–H and O–H groups in total. The molecule has 0 amide bonds. The van der Waals surface area contributed by atoms with Crippen LogP contribution in [0.5, 0.6) is 0 Å². The number of aryl methyl sites for hydroxylation is 3. The molecule has 0 fully saturated rings. The number of aromatic nitrogens is 2. The van der Waals surface area contributed by atoms with Crippen molar-refractivity contribution in [2.75, 3.05) is 0 Å². The maximum Gasteiger partial charge on any atom is 0.184 e. The zero-order chi connectivity index (χ0) is 14.2. The summed E-state index contributed by atoms with van der Waals surface area (Å²) < 4.78 is 2.72. The van der Waals surface area contributed by atoms with Crippen LogP contribution in [-0.2, 0) is 6.54 Å². The molecule has 0 radical (unpaired) electrons. The Balaban J connectivity index is 2.25. The largest absolute Gasteiger partial charge is 0.292 e. The lowest BCUT2D eigenvalue weighted by Gasteiger charge is -2.06. The van der Waals surface area contributed by atoms with Crippen LogP contribution in [0.3, 0.4) is 0 Å². The Morgan fingerprint density at radius 3 is 2.42 bits per heavy atom. The molecule has 100 valence electrons. The molecule has 19 heavy (non-hydrogen) atoms. The fourth-order valence-corrected chi connectivity index (χ4v) is 2.26. The maximum atomic E-state index is 12.3. The summed E-state index contributed by atoms with van der Waals surface area (Å²) in [6.07, 6.45) is 0. The zero-order valence-electron chi connectivity index (χ0n) is 11.6. The van der Waals surface area contributed by atoms with Gasteiger partial charge in [0, 0.05) is 5.56 Å². The predicted octanol–water partition coefficient (Wildman–Crippen LogP) is 3.76. The summed E-state index contributed by atoms with van der Waals surface area (Å²) >= 11 is 3.47. The molecule has 0 atom stereocenters. The van der Waals surface area contributed by atoms with Crippen LogP contribution in [0.2, 0.25) is 0 Å². The SMILES string of the molecule is Cc1ccc(C(=O)Cn2nc(C)c(Br)c2C)cc1C. The topological polar surface area (TPSA) is 34.9 Å². The van der Waals surface area contributed by atoms with E-state index in [0.29, 0.717) is 0 Å². The van der Waals surface area contributed by atoms with E-state index in [-0.39, 0.29) is 12.3 Å². The Bertz CT molecular complexity index is 644. The molecule has 0 saturated heterocycles. The summed E-state index contributed by atoms with van der Waals surface area (Å²) in [6.45, 7) is 8.22. The van der Waals surface area contributed by atoms with Crippen LogP contribution in [0.25, 0.3) is 0 Å². The molecule has 0 aliphatic heterocycles. The van der Waals surface area contributed by atoms with E-state index < -0.39 is 0 Å². The lowest BCUT2D eigenvalue weighted by atomic mass is 10.0. The average molecular weight is 321 g/mol. The van der Waals surface area contributed by atoms with E-state index in [1.165, 1.54) is 5.56 Å². The highest BCUT2D eigenvalue weighted by Gasteiger charge is 2.13. The number of Topliss-reactive ketones (excluding diaryl/α,β-unsaturated/α-hetero) is 1. The second kappa shape index (κ2) is 5.29. The van der Waals surface area contributed by atoms with Gasteiger partial charge in [-0.2, -0.15) is 5.10 Å². The van der Waals surface area contributed by atoms with E-state index in [9.17, 15) is 4.79 Å². The number of halogens is 1. The number of carbonyl (C=O) groups excluding carboxylic acids is 1. The molecular weight excluding hydrogens is 304 g/mol. The Kier molecular flexibility index (Phi) is 3.90. The summed E-state index contributed by atoms with van der Waals surface area (Å²) in [6, 6.07) is 5.81. The lowest BCUT2D eigenvalue weighted by molar-refractivity contribution is 0.0966. The smallest absolute Gasteiger partial charge is 0.184 e. The molecule has 0 saturated carbocycles. The number of carbonyl (C=O) groups is 1. The minimum Gasteiger partial charge on any atom is -0.292 e. The number of ketones is 1. The number of hydrogen-bond acceptors (Lipinski definition) is 2. The fraction of sp³-hybridized carbons (Fsp3) is 0.333. The van der Waals surface area contributed by atoms with Gasteiger partial charge in [-0.05, 0) is 60.8 Å². The van der Waals surface area contributed by atoms with Crippen molar-refractivity contribution in [1.82, 2.24) is 9.78 Å². The molecular formula is C15H17BrN2O. The van der Waals surface area contributed by atoms with Crippen LogP contribution < -0.4 is 0 Å². The highest BCUT2D eigenvalue weighted by atomic mass is 79.9. The lowest BCUT2D eigenvalue weighted by Crippen LogP contribution is -2.13. The fourth-order valence-electron chi connectivity index (χ4n) is 1.97. The molecule has 2 aromatic rings. The van der Waals surface area contributed by atoms with Gasteiger partial charge >= 0.3 is 0 Å². The third kappa shape index (κ3) is 2.78. The molecule has 0 spiro atoms. The second-order valence-electron chi connectivity index (χ2n) is 4.86. The second-order valence-corrected chi connectivity index (χ2v) is 5.66. The van der Waals surface area contributed by atoms with Crippen molar-refractivity contribution >= 4 is 21.7 Å². The van der Waals surface area contributed by atoms with Crippen LogP contribution in [0, 0.1) is 27.7 Å². The van der Waals surface area contributed by atoms with Crippen molar-refractivity contribution < 1.29 is 4.79 Å². The van der Waals surface area contributed by atoms with Gasteiger partial charge < -0.3 is 0 Å². The first-order chi connectivity index (χ1) is 8.90. The number of rotatable bonds is 3. The Labute approximate surface area is 121 Å². The number of benzene rings is 1. The monoisotopic (exact) mass is 320 g/mol. The van der Waals surface area contributed by atoms with Gasteiger partial charge in [0.1, 0.15) is 6.54 Å². The third-order valence-electron chi connectivity index (χ3n) is 3.42. The van der Waals surface area contributed by atoms with Crippen LogP contribution in [-0.4, -0.2) is 15.6 Å². The first-order valence-electron chi connectivity index (χ1n) is 6.20. The van der Waals surface area contributed by atoms with Crippen LogP contribution >= 0.6 is 15.9 Å². The highest BCUT2D eigenvalue weighted by Crippen LogP contribution is 2.20. The Hall–Kier alpha value is -1.42. The molecule has 0 aliphatic carbocycles. The van der Waals surface area contributed by atoms with Gasteiger partial charge in [0.15, 0.2) is 5.78 Å². The molecule has 1 aromatic carbocycles. The van der Waals surface area contributed by atoms with Gasteiger partial charge in [-0.3, -0.25) is 9.48 Å². The number of hydrogen-bond donors (Lipinski definition) is 0. The standard InChI is InChI=1S/C15H17BrN2O/c1-9-5-6-13(7-10(9)2)14(19)8-18-12(4)15(16)11(3)17-18/h5-7H,8H2,1-4H3. The summed E-state index contributed by atoms with van der Waals surface area (Å²) in [5.74, 6) is 0.0844. The van der Waals surface area contributed by atoms with E-state index in [2.05, 4.69) is 21.0 Å². The molecule has 1 aromatic heterocycles. The first kappa shape index (κ1) is 14.0. The van der Waals surface area contributed by atoms with Gasteiger partial charge in [0.25, 0.3) is 0 Å². The summed E-state index contributed by atoms with van der Waals surface area (Å²) in [4.78, 5) is 12.3. The van der Waals surface area contributed by atoms with E-state index in [1.807, 2.05) is 45.9 Å². The average Bonchev–Trinajstić information content (AvgIpc) is 2.60. The molecule has 4 heteroatoms. The highest BCUT2D eigenvalue weighted by molar-refractivity contribution is 9.10. The zero-order valence-corrected chi connectivity index (χ0v) is 13.2. The van der Waals surface area contributed by atoms with E-state index >= 15 is 0 Å². The van der Waals surface area contributed by atoms with Gasteiger partial charge in [-0.25, -0.2) is 0 Å². The van der Waals surface area contributed by atoms with Crippen LogP contribution in [0.1, 0.15) is 32.9 Å². The number of nitrogens with zero attached hydrogens (tertiary/aromatic N) is 2. The van der Waals surface area contributed by atoms with Crippen LogP contribution in [0.4, 0.5) is 0 Å². The van der Waals surface area contributed by atoms with Crippen molar-refractivity contribution in [2.45, 2.75) is 34.2 Å². The molecule has 2 rings (SSSR count). The summed E-state index contributed by atoms with van der Waals surface area (Å²) in [5.41, 5.74) is 4.97.